The number of unbranched alkanes of at least 4 members (excludes halogenated alkanes) is 1. The van der Waals surface area contributed by atoms with Gasteiger partial charge in [0.25, 0.3) is 0 Å². The first-order chi connectivity index (χ1) is 16.2. The molecule has 2 aromatic rings. The van der Waals surface area contributed by atoms with Gasteiger partial charge in [0.05, 0.1) is 11.9 Å². The summed E-state index contributed by atoms with van der Waals surface area (Å²) >= 11 is 2.14. The zero-order valence-electron chi connectivity index (χ0n) is 20.0. The maximum Gasteiger partial charge on any atom is 0.244 e. The van der Waals surface area contributed by atoms with Gasteiger partial charge in [-0.3, -0.25) is 13.9 Å². The molecule has 0 spiro atoms. The normalized spacial score (nSPS) is 12.1. The summed E-state index contributed by atoms with van der Waals surface area (Å²) in [6, 6.07) is 16.0. The van der Waals surface area contributed by atoms with Crippen LogP contribution in [0.15, 0.2) is 54.6 Å². The lowest BCUT2D eigenvalue weighted by Crippen LogP contribution is -2.53. The smallest absolute Gasteiger partial charge is 0.244 e. The minimum atomic E-state index is -3.71. The lowest BCUT2D eigenvalue weighted by Gasteiger charge is -2.33. The first-order valence-electron chi connectivity index (χ1n) is 11.5. The second kappa shape index (κ2) is 13.7. The molecule has 7 nitrogen and oxygen atoms in total. The molecule has 9 heteroatoms. The molecule has 0 fully saturated rings. The van der Waals surface area contributed by atoms with Crippen LogP contribution in [0.2, 0.25) is 0 Å². The first-order valence-corrected chi connectivity index (χ1v) is 14.4. The van der Waals surface area contributed by atoms with Crippen molar-refractivity contribution >= 4 is 50.1 Å². The van der Waals surface area contributed by atoms with Gasteiger partial charge in [-0.25, -0.2) is 8.42 Å². The van der Waals surface area contributed by atoms with Crippen molar-refractivity contribution in [3.05, 3.63) is 63.7 Å². The molecular formula is C25H34IN3O4S. The summed E-state index contributed by atoms with van der Waals surface area (Å²) in [5.41, 5.74) is 1.46. The lowest BCUT2D eigenvalue weighted by atomic mass is 10.1. The quantitative estimate of drug-likeness (QED) is 0.280. The number of nitrogens with one attached hydrogen (secondary N) is 1. The Morgan fingerprint density at radius 1 is 1.03 bits per heavy atom. The Bertz CT molecular complexity index is 1030. The fraction of sp³-hybridized carbons (Fsp3) is 0.440. The Morgan fingerprint density at radius 2 is 1.68 bits per heavy atom. The maximum absolute atomic E-state index is 13.5. The van der Waals surface area contributed by atoms with E-state index in [-0.39, 0.29) is 12.5 Å². The monoisotopic (exact) mass is 599 g/mol. The van der Waals surface area contributed by atoms with Crippen LogP contribution in [0.3, 0.4) is 0 Å². The molecule has 2 rings (SSSR count). The Balaban J connectivity index is 2.31. The Kier molecular flexibility index (Phi) is 11.3. The van der Waals surface area contributed by atoms with Crippen molar-refractivity contribution in [1.82, 2.24) is 10.2 Å². The molecule has 34 heavy (non-hydrogen) atoms. The molecule has 0 bridgehead atoms. The molecule has 186 valence electrons. The molecule has 2 aromatic carbocycles. The first kappa shape index (κ1) is 28.1. The Morgan fingerprint density at radius 3 is 2.24 bits per heavy atom. The number of nitrogens with zero attached hydrogens (tertiary/aromatic N) is 2. The highest BCUT2D eigenvalue weighted by molar-refractivity contribution is 14.1. The zero-order chi connectivity index (χ0) is 25.1. The van der Waals surface area contributed by atoms with Crippen molar-refractivity contribution in [1.29, 1.82) is 0 Å². The van der Waals surface area contributed by atoms with E-state index in [1.807, 2.05) is 44.2 Å². The van der Waals surface area contributed by atoms with E-state index < -0.39 is 22.0 Å². The molecular weight excluding hydrogens is 565 g/mol. The van der Waals surface area contributed by atoms with Crippen LogP contribution >= 0.6 is 22.6 Å². The summed E-state index contributed by atoms with van der Waals surface area (Å²) in [7, 11) is -3.71. The Labute approximate surface area is 217 Å². The third-order valence-electron chi connectivity index (χ3n) is 5.49. The van der Waals surface area contributed by atoms with Crippen molar-refractivity contribution in [3.63, 3.8) is 0 Å². The van der Waals surface area contributed by atoms with Gasteiger partial charge in [-0.2, -0.15) is 0 Å². The van der Waals surface area contributed by atoms with Gasteiger partial charge in [0.15, 0.2) is 0 Å². The summed E-state index contributed by atoms with van der Waals surface area (Å²) in [4.78, 5) is 28.0. The fourth-order valence-corrected chi connectivity index (χ4v) is 4.83. The number of hydrogen-bond acceptors (Lipinski definition) is 4. The summed E-state index contributed by atoms with van der Waals surface area (Å²) in [5.74, 6) is -0.616. The van der Waals surface area contributed by atoms with Crippen molar-refractivity contribution in [3.8, 4) is 0 Å². The minimum absolute atomic E-state index is 0.211. The number of hydrogen-bond donors (Lipinski definition) is 1. The highest BCUT2D eigenvalue weighted by Gasteiger charge is 2.31. The molecule has 1 atom stereocenters. The fourth-order valence-electron chi connectivity index (χ4n) is 3.62. The van der Waals surface area contributed by atoms with E-state index in [0.29, 0.717) is 31.6 Å². The summed E-state index contributed by atoms with van der Waals surface area (Å²) in [6.45, 7) is 4.40. The largest absolute Gasteiger partial charge is 0.354 e. The van der Waals surface area contributed by atoms with Crippen LogP contribution in [0.25, 0.3) is 0 Å². The molecule has 0 aliphatic heterocycles. The van der Waals surface area contributed by atoms with E-state index in [9.17, 15) is 18.0 Å². The number of halogens is 1. The van der Waals surface area contributed by atoms with E-state index >= 15 is 0 Å². The van der Waals surface area contributed by atoms with Gasteiger partial charge in [0.1, 0.15) is 12.6 Å². The second-order valence-corrected chi connectivity index (χ2v) is 11.3. The van der Waals surface area contributed by atoms with E-state index in [0.717, 1.165) is 32.5 Å². The highest BCUT2D eigenvalue weighted by Crippen LogP contribution is 2.20. The number of carbonyl (C=O) groups is 2. The summed E-state index contributed by atoms with van der Waals surface area (Å²) in [5, 5.41) is 2.92. The van der Waals surface area contributed by atoms with Crippen LogP contribution in [-0.4, -0.2) is 57.1 Å². The third kappa shape index (κ3) is 8.57. The second-order valence-electron chi connectivity index (χ2n) is 8.14. The van der Waals surface area contributed by atoms with Crippen molar-refractivity contribution in [2.45, 2.75) is 45.6 Å². The van der Waals surface area contributed by atoms with Gasteiger partial charge in [-0.15, -0.1) is 0 Å². The van der Waals surface area contributed by atoms with Gasteiger partial charge in [0.2, 0.25) is 21.8 Å². The van der Waals surface area contributed by atoms with Gasteiger partial charge in [0, 0.05) is 16.7 Å². The van der Waals surface area contributed by atoms with E-state index in [1.165, 1.54) is 4.90 Å². The predicted octanol–water partition coefficient (Wildman–Crippen LogP) is 3.82. The van der Waals surface area contributed by atoms with Crippen LogP contribution in [0, 0.1) is 3.57 Å². The highest BCUT2D eigenvalue weighted by atomic mass is 127. The molecule has 0 aliphatic carbocycles. The molecule has 0 heterocycles. The topological polar surface area (TPSA) is 86.8 Å². The van der Waals surface area contributed by atoms with Gasteiger partial charge in [-0.05, 0) is 71.7 Å². The molecule has 2 amide bonds. The molecule has 0 radical (unpaired) electrons. The van der Waals surface area contributed by atoms with Crippen LogP contribution in [-0.2, 0) is 26.0 Å². The Hall–Kier alpha value is -2.14. The summed E-state index contributed by atoms with van der Waals surface area (Å²) < 4.78 is 27.2. The van der Waals surface area contributed by atoms with E-state index in [2.05, 4.69) is 27.9 Å². The number of sulfonamides is 1. The third-order valence-corrected chi connectivity index (χ3v) is 7.35. The molecule has 0 aliphatic rings. The van der Waals surface area contributed by atoms with E-state index in [4.69, 9.17) is 0 Å². The van der Waals surface area contributed by atoms with Gasteiger partial charge in [-0.1, -0.05) is 50.6 Å². The maximum atomic E-state index is 13.5. The average Bonchev–Trinajstić information content (AvgIpc) is 2.80. The number of rotatable bonds is 13. The standard InChI is InChI=1S/C25H34IN3O4S/c1-4-6-17-27-25(31)23(5-2)28(18-16-20-10-8-7-9-11-20)24(30)19-29(34(3,32)33)22-14-12-21(26)13-15-22/h7-15,23H,4-6,16-19H2,1-3H3,(H,27,31)/t23-/m0/s1. The minimum Gasteiger partial charge on any atom is -0.354 e. The van der Waals surface area contributed by atoms with Crippen molar-refractivity contribution < 1.29 is 18.0 Å². The van der Waals surface area contributed by atoms with Crippen molar-refractivity contribution in [2.75, 3.05) is 30.2 Å². The number of benzene rings is 2. The SMILES string of the molecule is CCCCNC(=O)[C@H](CC)N(CCc1ccccc1)C(=O)CN(c1ccc(I)cc1)S(C)(=O)=O. The molecule has 0 saturated heterocycles. The van der Waals surface area contributed by atoms with Gasteiger partial charge < -0.3 is 10.2 Å². The number of amides is 2. The van der Waals surface area contributed by atoms with Crippen LogP contribution in [0.1, 0.15) is 38.7 Å². The lowest BCUT2D eigenvalue weighted by molar-refractivity contribution is -0.139. The van der Waals surface area contributed by atoms with Crippen LogP contribution in [0.5, 0.6) is 0 Å². The molecule has 0 unspecified atom stereocenters. The predicted molar refractivity (Wildman–Crippen MR) is 145 cm³/mol. The van der Waals surface area contributed by atoms with Crippen LogP contribution < -0.4 is 9.62 Å². The summed E-state index contributed by atoms with van der Waals surface area (Å²) in [6.07, 6.45) is 3.89. The molecule has 0 saturated carbocycles. The number of carbonyl (C=O) groups excluding carboxylic acids is 2. The van der Waals surface area contributed by atoms with Gasteiger partial charge >= 0.3 is 0 Å². The zero-order valence-corrected chi connectivity index (χ0v) is 23.0. The average molecular weight is 600 g/mol. The molecule has 1 N–H and O–H groups in total. The number of anilines is 1. The molecule has 0 aromatic heterocycles. The van der Waals surface area contributed by atoms with E-state index in [1.54, 1.807) is 24.3 Å². The van der Waals surface area contributed by atoms with Crippen molar-refractivity contribution in [2.24, 2.45) is 0 Å². The van der Waals surface area contributed by atoms with Crippen LogP contribution in [0.4, 0.5) is 5.69 Å².